The molecule has 1 aromatic rings. The molecule has 1 atom stereocenters. The van der Waals surface area contributed by atoms with E-state index in [0.29, 0.717) is 5.92 Å². The van der Waals surface area contributed by atoms with Gasteiger partial charge in [-0.15, -0.1) is 0 Å². The predicted octanol–water partition coefficient (Wildman–Crippen LogP) is 2.29. The predicted molar refractivity (Wildman–Crippen MR) is 72.7 cm³/mol. The van der Waals surface area contributed by atoms with Crippen molar-refractivity contribution in [3.63, 3.8) is 0 Å². The van der Waals surface area contributed by atoms with Crippen molar-refractivity contribution < 1.29 is 9.84 Å². The van der Waals surface area contributed by atoms with Crippen LogP contribution in [0.25, 0.3) is 0 Å². The Morgan fingerprint density at radius 3 is 2.72 bits per heavy atom. The van der Waals surface area contributed by atoms with E-state index in [1.807, 2.05) is 19.1 Å². The Morgan fingerprint density at radius 2 is 2.11 bits per heavy atom. The van der Waals surface area contributed by atoms with Crippen molar-refractivity contribution >= 4 is 0 Å². The fourth-order valence-corrected chi connectivity index (χ4v) is 2.62. The average Bonchev–Trinajstić information content (AvgIpc) is 2.39. The minimum Gasteiger partial charge on any atom is -0.497 e. The van der Waals surface area contributed by atoms with Crippen LogP contribution in [0, 0.1) is 5.92 Å². The number of rotatable bonds is 4. The molecule has 1 fully saturated rings. The van der Waals surface area contributed by atoms with E-state index in [0.717, 1.165) is 38.2 Å². The summed E-state index contributed by atoms with van der Waals surface area (Å²) in [7, 11) is 1.70. The number of likely N-dealkylation sites (tertiary alicyclic amines) is 1. The number of aliphatic hydroxyl groups is 1. The first-order valence-electron chi connectivity index (χ1n) is 6.72. The first-order chi connectivity index (χ1) is 8.69. The molecule has 3 heteroatoms. The van der Waals surface area contributed by atoms with Crippen LogP contribution >= 0.6 is 0 Å². The van der Waals surface area contributed by atoms with Crippen LogP contribution in [0.2, 0.25) is 0 Å². The minimum absolute atomic E-state index is 0.163. The highest BCUT2D eigenvalue weighted by Crippen LogP contribution is 2.22. The van der Waals surface area contributed by atoms with Crippen molar-refractivity contribution in [1.82, 2.24) is 4.90 Å². The molecule has 1 aromatic carbocycles. The number of aliphatic hydroxyl groups excluding tert-OH is 1. The van der Waals surface area contributed by atoms with Crippen molar-refractivity contribution in [2.45, 2.75) is 32.4 Å². The molecule has 1 aliphatic heterocycles. The highest BCUT2D eigenvalue weighted by Gasteiger charge is 2.22. The second kappa shape index (κ2) is 6.21. The Bertz CT molecular complexity index is 371. The van der Waals surface area contributed by atoms with Crippen LogP contribution < -0.4 is 4.74 Å². The minimum atomic E-state index is -0.163. The summed E-state index contributed by atoms with van der Waals surface area (Å²) >= 11 is 0. The van der Waals surface area contributed by atoms with Gasteiger partial charge in [0.05, 0.1) is 13.2 Å². The largest absolute Gasteiger partial charge is 0.497 e. The summed E-state index contributed by atoms with van der Waals surface area (Å²) in [5.74, 6) is 1.40. The summed E-state index contributed by atoms with van der Waals surface area (Å²) in [6.07, 6.45) is 2.03. The molecule has 2 rings (SSSR count). The molecule has 0 amide bonds. The monoisotopic (exact) mass is 249 g/mol. The third-order valence-corrected chi connectivity index (χ3v) is 3.85. The van der Waals surface area contributed by atoms with Gasteiger partial charge < -0.3 is 9.84 Å². The standard InChI is InChI=1S/C15H23NO2/c1-12(17)14-6-8-16(9-7-14)11-13-4-3-5-15(10-13)18-2/h3-5,10,12,14,17H,6-9,11H2,1-2H3/t12-/m0/s1. The van der Waals surface area contributed by atoms with E-state index in [1.165, 1.54) is 5.56 Å². The van der Waals surface area contributed by atoms with Crippen molar-refractivity contribution in [2.24, 2.45) is 5.92 Å². The van der Waals surface area contributed by atoms with Crippen LogP contribution in [0.1, 0.15) is 25.3 Å². The summed E-state index contributed by atoms with van der Waals surface area (Å²) in [6.45, 7) is 5.03. The lowest BCUT2D eigenvalue weighted by Gasteiger charge is -2.33. The Morgan fingerprint density at radius 1 is 1.39 bits per heavy atom. The zero-order valence-electron chi connectivity index (χ0n) is 11.3. The molecule has 0 spiro atoms. The summed E-state index contributed by atoms with van der Waals surface area (Å²) in [5.41, 5.74) is 1.30. The van der Waals surface area contributed by atoms with Crippen molar-refractivity contribution in [2.75, 3.05) is 20.2 Å². The van der Waals surface area contributed by atoms with Gasteiger partial charge in [-0.05, 0) is 56.5 Å². The molecule has 1 aliphatic rings. The van der Waals surface area contributed by atoms with E-state index in [-0.39, 0.29) is 6.10 Å². The Kier molecular flexibility index (Phi) is 4.61. The van der Waals surface area contributed by atoms with Crippen LogP contribution in [0.15, 0.2) is 24.3 Å². The van der Waals surface area contributed by atoms with Crippen LogP contribution in [-0.4, -0.2) is 36.3 Å². The highest BCUT2D eigenvalue weighted by molar-refractivity contribution is 5.28. The smallest absolute Gasteiger partial charge is 0.119 e. The second-order valence-corrected chi connectivity index (χ2v) is 5.21. The van der Waals surface area contributed by atoms with E-state index in [2.05, 4.69) is 17.0 Å². The molecular weight excluding hydrogens is 226 g/mol. The molecule has 100 valence electrons. The molecule has 1 heterocycles. The number of benzene rings is 1. The number of hydrogen-bond acceptors (Lipinski definition) is 3. The Labute approximate surface area is 109 Å². The van der Waals surface area contributed by atoms with Crippen LogP contribution in [0.3, 0.4) is 0 Å². The van der Waals surface area contributed by atoms with Crippen LogP contribution in [-0.2, 0) is 6.54 Å². The lowest BCUT2D eigenvalue weighted by Crippen LogP contribution is -2.36. The molecule has 0 saturated carbocycles. The van der Waals surface area contributed by atoms with Gasteiger partial charge in [0.1, 0.15) is 5.75 Å². The lowest BCUT2D eigenvalue weighted by atomic mass is 9.92. The van der Waals surface area contributed by atoms with E-state index in [1.54, 1.807) is 7.11 Å². The van der Waals surface area contributed by atoms with Gasteiger partial charge in [0.15, 0.2) is 0 Å². The van der Waals surface area contributed by atoms with Crippen molar-refractivity contribution in [1.29, 1.82) is 0 Å². The average molecular weight is 249 g/mol. The first kappa shape index (κ1) is 13.4. The number of hydrogen-bond donors (Lipinski definition) is 1. The van der Waals surface area contributed by atoms with Gasteiger partial charge in [-0.2, -0.15) is 0 Å². The molecule has 0 radical (unpaired) electrons. The van der Waals surface area contributed by atoms with E-state index in [9.17, 15) is 5.11 Å². The maximum atomic E-state index is 9.59. The molecule has 18 heavy (non-hydrogen) atoms. The fourth-order valence-electron chi connectivity index (χ4n) is 2.62. The molecule has 3 nitrogen and oxygen atoms in total. The third kappa shape index (κ3) is 3.47. The Hall–Kier alpha value is -1.06. The van der Waals surface area contributed by atoms with Gasteiger partial charge in [-0.3, -0.25) is 4.90 Å². The van der Waals surface area contributed by atoms with Gasteiger partial charge in [-0.25, -0.2) is 0 Å². The highest BCUT2D eigenvalue weighted by atomic mass is 16.5. The zero-order chi connectivity index (χ0) is 13.0. The molecule has 0 aliphatic carbocycles. The van der Waals surface area contributed by atoms with Crippen molar-refractivity contribution in [3.8, 4) is 5.75 Å². The van der Waals surface area contributed by atoms with E-state index < -0.39 is 0 Å². The summed E-state index contributed by atoms with van der Waals surface area (Å²) in [6, 6.07) is 8.25. The first-order valence-corrected chi connectivity index (χ1v) is 6.72. The molecule has 0 unspecified atom stereocenters. The summed E-state index contributed by atoms with van der Waals surface area (Å²) in [5, 5.41) is 9.59. The number of piperidine rings is 1. The fraction of sp³-hybridized carbons (Fsp3) is 0.600. The van der Waals surface area contributed by atoms with Crippen molar-refractivity contribution in [3.05, 3.63) is 29.8 Å². The third-order valence-electron chi connectivity index (χ3n) is 3.85. The zero-order valence-corrected chi connectivity index (χ0v) is 11.3. The second-order valence-electron chi connectivity index (χ2n) is 5.21. The quantitative estimate of drug-likeness (QED) is 0.888. The number of ether oxygens (including phenoxy) is 1. The van der Waals surface area contributed by atoms with Gasteiger partial charge >= 0.3 is 0 Å². The maximum absolute atomic E-state index is 9.59. The van der Waals surface area contributed by atoms with Crippen LogP contribution in [0.5, 0.6) is 5.75 Å². The van der Waals surface area contributed by atoms with Gasteiger partial charge in [0.25, 0.3) is 0 Å². The Balaban J connectivity index is 1.87. The summed E-state index contributed by atoms with van der Waals surface area (Å²) < 4.78 is 5.24. The molecule has 1 saturated heterocycles. The molecule has 0 aromatic heterocycles. The summed E-state index contributed by atoms with van der Waals surface area (Å²) in [4.78, 5) is 2.45. The normalized spacial score (nSPS) is 19.7. The molecule has 0 bridgehead atoms. The number of methoxy groups -OCH3 is 1. The van der Waals surface area contributed by atoms with E-state index >= 15 is 0 Å². The maximum Gasteiger partial charge on any atom is 0.119 e. The van der Waals surface area contributed by atoms with Gasteiger partial charge in [0, 0.05) is 6.54 Å². The molecular formula is C15H23NO2. The van der Waals surface area contributed by atoms with E-state index in [4.69, 9.17) is 4.74 Å². The number of nitrogens with zero attached hydrogens (tertiary/aromatic N) is 1. The molecule has 1 N–H and O–H groups in total. The SMILES string of the molecule is COc1cccc(CN2CCC([C@H](C)O)CC2)c1. The lowest BCUT2D eigenvalue weighted by molar-refractivity contribution is 0.0695. The van der Waals surface area contributed by atoms with Gasteiger partial charge in [-0.1, -0.05) is 12.1 Å². The van der Waals surface area contributed by atoms with Crippen LogP contribution in [0.4, 0.5) is 0 Å². The topological polar surface area (TPSA) is 32.7 Å². The van der Waals surface area contributed by atoms with Gasteiger partial charge in [0.2, 0.25) is 0 Å².